The number of piperidine rings is 1. The van der Waals surface area contributed by atoms with Crippen LogP contribution in [-0.4, -0.2) is 59.3 Å². The second kappa shape index (κ2) is 9.07. The second-order valence-corrected chi connectivity index (χ2v) is 9.07. The Morgan fingerprint density at radius 2 is 1.76 bits per heavy atom. The molecule has 0 aliphatic carbocycles. The van der Waals surface area contributed by atoms with Crippen molar-refractivity contribution in [2.45, 2.75) is 18.9 Å². The Labute approximate surface area is 211 Å². The van der Waals surface area contributed by atoms with Gasteiger partial charge in [-0.1, -0.05) is 6.07 Å². The number of rotatable bonds is 5. The number of nitrogens with one attached hydrogen (secondary N) is 3. The quantitative estimate of drug-likeness (QED) is 0.329. The van der Waals surface area contributed by atoms with Crippen molar-refractivity contribution in [1.29, 1.82) is 0 Å². The van der Waals surface area contributed by atoms with Gasteiger partial charge in [-0.2, -0.15) is 5.10 Å². The lowest BCUT2D eigenvalue weighted by Gasteiger charge is -2.23. The summed E-state index contributed by atoms with van der Waals surface area (Å²) in [5, 5.41) is 11.9. The van der Waals surface area contributed by atoms with Crippen molar-refractivity contribution in [2.24, 2.45) is 0 Å². The summed E-state index contributed by atoms with van der Waals surface area (Å²) in [6, 6.07) is 7.90. The first-order valence-electron chi connectivity index (χ1n) is 12.2. The Balaban J connectivity index is 1.26. The lowest BCUT2D eigenvalue weighted by atomic mass is 10.1. The molecule has 1 aliphatic heterocycles. The lowest BCUT2D eigenvalue weighted by Crippen LogP contribution is -2.34. The fourth-order valence-corrected chi connectivity index (χ4v) is 4.76. The molecule has 0 radical (unpaired) electrons. The molecule has 182 valence electrons. The molecule has 3 N–H and O–H groups in total. The highest BCUT2D eigenvalue weighted by Crippen LogP contribution is 2.32. The van der Waals surface area contributed by atoms with Crippen LogP contribution in [0.4, 0.5) is 0 Å². The molecular weight excluding hydrogens is 466 g/mol. The van der Waals surface area contributed by atoms with Crippen LogP contribution in [0.25, 0.3) is 55.8 Å². The number of aromatic amines is 2. The van der Waals surface area contributed by atoms with Gasteiger partial charge >= 0.3 is 0 Å². The van der Waals surface area contributed by atoms with Gasteiger partial charge in [0.1, 0.15) is 23.1 Å². The molecule has 0 bridgehead atoms. The van der Waals surface area contributed by atoms with E-state index in [-0.39, 0.29) is 6.10 Å². The van der Waals surface area contributed by atoms with Gasteiger partial charge in [0, 0.05) is 46.9 Å². The van der Waals surface area contributed by atoms with Crippen molar-refractivity contribution in [1.82, 2.24) is 45.4 Å². The molecule has 1 saturated heterocycles. The van der Waals surface area contributed by atoms with Crippen LogP contribution in [0.5, 0.6) is 5.75 Å². The standard InChI is InChI=1S/C27H23N9O/c1-2-16(10-29-5-1)21-13-31-14-24-25(21)34-27(33-24)26-20-9-22(32-15-23(20)35-36-26)17-8-19(12-30-11-17)37-18-3-6-28-7-4-18/h1-2,5,8-15,18,28H,3-4,6-7H2,(H,33,34)(H,35,36). The Hall–Kier alpha value is -4.70. The predicted octanol–water partition coefficient (Wildman–Crippen LogP) is 4.15. The fraction of sp³-hybridized carbons (Fsp3) is 0.185. The summed E-state index contributed by atoms with van der Waals surface area (Å²) in [5.41, 5.74) is 6.70. The Morgan fingerprint density at radius 1 is 0.865 bits per heavy atom. The van der Waals surface area contributed by atoms with Gasteiger partial charge in [-0.05, 0) is 44.1 Å². The summed E-state index contributed by atoms with van der Waals surface area (Å²) in [7, 11) is 0. The summed E-state index contributed by atoms with van der Waals surface area (Å²) < 4.78 is 6.19. The number of nitrogens with zero attached hydrogens (tertiary/aromatic N) is 6. The Bertz CT molecular complexity index is 1700. The van der Waals surface area contributed by atoms with Crippen LogP contribution >= 0.6 is 0 Å². The number of fused-ring (bicyclic) bond motifs is 2. The van der Waals surface area contributed by atoms with E-state index in [2.05, 4.69) is 40.4 Å². The largest absolute Gasteiger partial charge is 0.489 e. The van der Waals surface area contributed by atoms with Gasteiger partial charge in [0.05, 0.1) is 35.3 Å². The van der Waals surface area contributed by atoms with Gasteiger partial charge in [0.15, 0.2) is 5.82 Å². The number of H-pyrrole nitrogens is 2. The average molecular weight is 490 g/mol. The number of hydrogen-bond donors (Lipinski definition) is 3. The monoisotopic (exact) mass is 489 g/mol. The molecule has 6 aromatic heterocycles. The summed E-state index contributed by atoms with van der Waals surface area (Å²) in [6.45, 7) is 1.95. The number of pyridine rings is 4. The molecule has 0 saturated carbocycles. The summed E-state index contributed by atoms with van der Waals surface area (Å²) in [6.07, 6.45) is 14.7. The molecule has 6 aromatic rings. The van der Waals surface area contributed by atoms with Crippen molar-refractivity contribution in [3.63, 3.8) is 0 Å². The predicted molar refractivity (Wildman–Crippen MR) is 140 cm³/mol. The van der Waals surface area contributed by atoms with Crippen LogP contribution in [0.15, 0.2) is 67.6 Å². The summed E-state index contributed by atoms with van der Waals surface area (Å²) in [4.78, 5) is 26.0. The highest BCUT2D eigenvalue weighted by atomic mass is 16.5. The maximum Gasteiger partial charge on any atom is 0.159 e. The van der Waals surface area contributed by atoms with E-state index in [0.717, 1.165) is 76.0 Å². The van der Waals surface area contributed by atoms with Crippen LogP contribution < -0.4 is 10.1 Å². The topological polar surface area (TPSA) is 130 Å². The van der Waals surface area contributed by atoms with E-state index in [1.807, 2.05) is 30.5 Å². The zero-order chi connectivity index (χ0) is 24.6. The summed E-state index contributed by atoms with van der Waals surface area (Å²) in [5.74, 6) is 1.41. The lowest BCUT2D eigenvalue weighted by molar-refractivity contribution is 0.162. The highest BCUT2D eigenvalue weighted by molar-refractivity contribution is 5.97. The van der Waals surface area contributed by atoms with Gasteiger partial charge in [-0.3, -0.25) is 25.0 Å². The minimum atomic E-state index is 0.202. The van der Waals surface area contributed by atoms with Crippen molar-refractivity contribution in [3.8, 4) is 39.7 Å². The molecule has 7 rings (SSSR count). The number of hydrogen-bond acceptors (Lipinski definition) is 8. The van der Waals surface area contributed by atoms with Crippen molar-refractivity contribution < 1.29 is 4.74 Å². The number of ether oxygens (including phenoxy) is 1. The second-order valence-electron chi connectivity index (χ2n) is 9.07. The SMILES string of the molecule is c1cncc(-c2cncc3[nH]c(-c4n[nH]c5cnc(-c6cncc(OC7CCNCC7)c6)cc45)nc23)c1. The van der Waals surface area contributed by atoms with E-state index < -0.39 is 0 Å². The third-order valence-electron chi connectivity index (χ3n) is 6.64. The van der Waals surface area contributed by atoms with Crippen LogP contribution in [0.3, 0.4) is 0 Å². The molecule has 10 heteroatoms. The van der Waals surface area contributed by atoms with E-state index in [0.29, 0.717) is 11.5 Å². The summed E-state index contributed by atoms with van der Waals surface area (Å²) >= 11 is 0. The molecular formula is C27H23N9O. The van der Waals surface area contributed by atoms with Crippen molar-refractivity contribution >= 4 is 21.9 Å². The third-order valence-corrected chi connectivity index (χ3v) is 6.64. The molecule has 0 spiro atoms. The highest BCUT2D eigenvalue weighted by Gasteiger charge is 2.18. The molecule has 0 amide bonds. The smallest absolute Gasteiger partial charge is 0.159 e. The molecule has 1 fully saturated rings. The minimum Gasteiger partial charge on any atom is -0.489 e. The first-order valence-corrected chi connectivity index (χ1v) is 12.2. The van der Waals surface area contributed by atoms with E-state index in [9.17, 15) is 0 Å². The first kappa shape index (κ1) is 21.6. The third kappa shape index (κ3) is 4.07. The Kier molecular flexibility index (Phi) is 5.29. The maximum atomic E-state index is 6.19. The van der Waals surface area contributed by atoms with Crippen LogP contribution in [0.2, 0.25) is 0 Å². The fourth-order valence-electron chi connectivity index (χ4n) is 4.76. The van der Waals surface area contributed by atoms with E-state index >= 15 is 0 Å². The molecule has 1 aliphatic rings. The van der Waals surface area contributed by atoms with Crippen molar-refractivity contribution in [3.05, 3.63) is 67.6 Å². The molecule has 0 aromatic carbocycles. The van der Waals surface area contributed by atoms with Gasteiger partial charge < -0.3 is 15.0 Å². The van der Waals surface area contributed by atoms with Gasteiger partial charge in [0.2, 0.25) is 0 Å². The van der Waals surface area contributed by atoms with Gasteiger partial charge in [-0.25, -0.2) is 4.98 Å². The van der Waals surface area contributed by atoms with E-state index in [1.54, 1.807) is 37.2 Å². The molecule has 0 unspecified atom stereocenters. The number of aromatic nitrogens is 8. The molecule has 37 heavy (non-hydrogen) atoms. The van der Waals surface area contributed by atoms with Gasteiger partial charge in [-0.15, -0.1) is 0 Å². The van der Waals surface area contributed by atoms with Crippen LogP contribution in [-0.2, 0) is 0 Å². The molecule has 7 heterocycles. The van der Waals surface area contributed by atoms with Crippen molar-refractivity contribution in [2.75, 3.05) is 13.1 Å². The average Bonchev–Trinajstić information content (AvgIpc) is 3.58. The maximum absolute atomic E-state index is 6.19. The normalized spacial score (nSPS) is 14.4. The number of imidazole rings is 1. The van der Waals surface area contributed by atoms with Crippen LogP contribution in [0.1, 0.15) is 12.8 Å². The molecule has 0 atom stereocenters. The molecule has 10 nitrogen and oxygen atoms in total. The minimum absolute atomic E-state index is 0.202. The van der Waals surface area contributed by atoms with E-state index in [1.165, 1.54) is 0 Å². The van der Waals surface area contributed by atoms with Crippen LogP contribution in [0, 0.1) is 0 Å². The van der Waals surface area contributed by atoms with Gasteiger partial charge in [0.25, 0.3) is 0 Å². The van der Waals surface area contributed by atoms with E-state index in [4.69, 9.17) is 9.72 Å². The zero-order valence-electron chi connectivity index (χ0n) is 19.8. The Morgan fingerprint density at radius 3 is 2.65 bits per heavy atom. The zero-order valence-corrected chi connectivity index (χ0v) is 19.8. The first-order chi connectivity index (χ1) is 18.3.